The maximum absolute atomic E-state index is 12.7. The first kappa shape index (κ1) is 17.6. The molecule has 1 aliphatic rings. The summed E-state index contributed by atoms with van der Waals surface area (Å²) in [4.78, 5) is 29.1. The fraction of sp³-hybridized carbons (Fsp3) is 0.333. The predicted molar refractivity (Wildman–Crippen MR) is 104 cm³/mol. The summed E-state index contributed by atoms with van der Waals surface area (Å²) in [5.41, 5.74) is 1.54. The topological polar surface area (TPSA) is 101 Å². The van der Waals surface area contributed by atoms with Crippen LogP contribution < -0.4 is 16.0 Å². The monoisotopic (exact) mass is 384 g/mol. The van der Waals surface area contributed by atoms with Gasteiger partial charge in [-0.25, -0.2) is 9.67 Å². The van der Waals surface area contributed by atoms with Gasteiger partial charge < -0.3 is 10.6 Å². The Morgan fingerprint density at radius 3 is 3.00 bits per heavy atom. The minimum atomic E-state index is -0.504. The van der Waals surface area contributed by atoms with Gasteiger partial charge in [-0.1, -0.05) is 19.1 Å². The van der Waals surface area contributed by atoms with Gasteiger partial charge in [0.25, 0.3) is 5.91 Å². The summed E-state index contributed by atoms with van der Waals surface area (Å²) in [6, 6.07) is 9.47. The van der Waals surface area contributed by atoms with E-state index in [-0.39, 0.29) is 17.9 Å². The molecule has 2 unspecified atom stereocenters. The number of aromatic nitrogens is 3. The fourth-order valence-corrected chi connectivity index (χ4v) is 3.96. The summed E-state index contributed by atoms with van der Waals surface area (Å²) in [6.45, 7) is 3.86. The summed E-state index contributed by atoms with van der Waals surface area (Å²) in [5, 5.41) is 13.9. The van der Waals surface area contributed by atoms with Crippen molar-refractivity contribution in [2.24, 2.45) is 0 Å². The van der Waals surface area contributed by atoms with Crippen molar-refractivity contribution in [2.75, 3.05) is 5.32 Å². The van der Waals surface area contributed by atoms with Crippen molar-refractivity contribution in [1.82, 2.24) is 25.4 Å². The molecule has 140 valence electrons. The van der Waals surface area contributed by atoms with Crippen LogP contribution in [0.5, 0.6) is 0 Å². The molecule has 0 spiro atoms. The Morgan fingerprint density at radius 2 is 2.22 bits per heavy atom. The lowest BCUT2D eigenvalue weighted by molar-refractivity contribution is -0.125. The van der Waals surface area contributed by atoms with E-state index in [0.717, 1.165) is 22.3 Å². The summed E-state index contributed by atoms with van der Waals surface area (Å²) >= 11 is 1.34. The molecule has 0 bridgehead atoms. The highest BCUT2D eigenvalue weighted by Crippen LogP contribution is 2.23. The number of amides is 2. The van der Waals surface area contributed by atoms with Crippen LogP contribution in [-0.4, -0.2) is 32.6 Å². The van der Waals surface area contributed by atoms with E-state index in [1.165, 1.54) is 11.3 Å². The van der Waals surface area contributed by atoms with Gasteiger partial charge in [0, 0.05) is 18.5 Å². The molecule has 3 heterocycles. The van der Waals surface area contributed by atoms with Crippen molar-refractivity contribution in [2.45, 2.75) is 39.0 Å². The average molecular weight is 384 g/mol. The highest BCUT2D eigenvalue weighted by molar-refractivity contribution is 7.20. The van der Waals surface area contributed by atoms with Gasteiger partial charge in [0.1, 0.15) is 5.82 Å². The number of benzene rings is 1. The molecule has 2 aromatic heterocycles. The number of rotatable bonds is 4. The number of carbonyl (C=O) groups is 2. The van der Waals surface area contributed by atoms with Gasteiger partial charge in [-0.2, -0.15) is 5.10 Å². The van der Waals surface area contributed by atoms with Crippen molar-refractivity contribution in [3.8, 4) is 0 Å². The molecule has 4 rings (SSSR count). The zero-order chi connectivity index (χ0) is 19.0. The van der Waals surface area contributed by atoms with Crippen LogP contribution in [0, 0.1) is 6.92 Å². The standard InChI is InChI=1S/C18H20N6O2S/c1-3-11-9-15(25)22-18(19-11)24-14(8-10(2)23-24)21-16(26)17-20-12-6-4-5-7-13(12)27-17/h4-8,11,18-19H,3,9H2,1-2H3,(H,21,26)(H,22,25). The number of fused-ring (bicyclic) bond motifs is 1. The smallest absolute Gasteiger partial charge is 0.285 e. The summed E-state index contributed by atoms with van der Waals surface area (Å²) in [5.74, 6) is 0.167. The summed E-state index contributed by atoms with van der Waals surface area (Å²) in [7, 11) is 0. The largest absolute Gasteiger partial charge is 0.322 e. The fourth-order valence-electron chi connectivity index (χ4n) is 3.10. The van der Waals surface area contributed by atoms with E-state index < -0.39 is 6.29 Å². The van der Waals surface area contributed by atoms with Gasteiger partial charge in [-0.3, -0.25) is 14.9 Å². The highest BCUT2D eigenvalue weighted by Gasteiger charge is 2.28. The Kier molecular flexibility index (Phi) is 4.63. The van der Waals surface area contributed by atoms with Crippen LogP contribution in [-0.2, 0) is 4.79 Å². The molecule has 0 saturated carbocycles. The maximum atomic E-state index is 12.7. The molecule has 27 heavy (non-hydrogen) atoms. The first-order valence-electron chi connectivity index (χ1n) is 8.82. The number of anilines is 1. The minimum absolute atomic E-state index is 0.0396. The molecule has 0 aliphatic carbocycles. The van der Waals surface area contributed by atoms with Crippen LogP contribution in [0.15, 0.2) is 30.3 Å². The molecule has 8 nitrogen and oxygen atoms in total. The van der Waals surface area contributed by atoms with Crippen molar-refractivity contribution in [3.63, 3.8) is 0 Å². The Labute approximate surface area is 160 Å². The lowest BCUT2D eigenvalue weighted by Gasteiger charge is -2.31. The molecule has 3 N–H and O–H groups in total. The highest BCUT2D eigenvalue weighted by atomic mass is 32.1. The molecule has 9 heteroatoms. The zero-order valence-electron chi connectivity index (χ0n) is 15.0. The van der Waals surface area contributed by atoms with E-state index in [2.05, 4.69) is 26.0 Å². The number of carbonyl (C=O) groups excluding carboxylic acids is 2. The van der Waals surface area contributed by atoms with Crippen LogP contribution >= 0.6 is 11.3 Å². The Hall–Kier alpha value is -2.78. The summed E-state index contributed by atoms with van der Waals surface area (Å²) < 4.78 is 2.56. The molecule has 1 saturated heterocycles. The first-order chi connectivity index (χ1) is 13.0. The van der Waals surface area contributed by atoms with Gasteiger partial charge in [0.05, 0.1) is 15.9 Å². The lowest BCUT2D eigenvalue weighted by Crippen LogP contribution is -2.53. The van der Waals surface area contributed by atoms with Crippen molar-refractivity contribution < 1.29 is 9.59 Å². The molecule has 0 radical (unpaired) electrons. The molecular formula is C18H20N6O2S. The number of thiazole rings is 1. The Bertz CT molecular complexity index is 977. The Morgan fingerprint density at radius 1 is 1.41 bits per heavy atom. The van der Waals surface area contributed by atoms with E-state index >= 15 is 0 Å². The normalized spacial score (nSPS) is 19.9. The third kappa shape index (κ3) is 3.56. The third-order valence-corrected chi connectivity index (χ3v) is 5.48. The third-order valence-electron chi connectivity index (χ3n) is 4.45. The molecule has 1 aliphatic heterocycles. The maximum Gasteiger partial charge on any atom is 0.285 e. The van der Waals surface area contributed by atoms with Gasteiger partial charge in [0.15, 0.2) is 11.3 Å². The first-order valence-corrected chi connectivity index (χ1v) is 9.63. The molecule has 1 aromatic carbocycles. The molecule has 3 aromatic rings. The predicted octanol–water partition coefficient (Wildman–Crippen LogP) is 2.40. The SMILES string of the molecule is CCC1CC(=O)NC(n2nc(C)cc2NC(=O)c2nc3ccccc3s2)N1. The zero-order valence-corrected chi connectivity index (χ0v) is 15.8. The van der Waals surface area contributed by atoms with E-state index in [9.17, 15) is 9.59 Å². The molecule has 2 amide bonds. The second-order valence-electron chi connectivity index (χ2n) is 6.50. The number of nitrogens with one attached hydrogen (secondary N) is 3. The molecule has 1 fully saturated rings. The van der Waals surface area contributed by atoms with Crippen molar-refractivity contribution in [1.29, 1.82) is 0 Å². The number of nitrogens with zero attached hydrogens (tertiary/aromatic N) is 3. The average Bonchev–Trinajstić information content (AvgIpc) is 3.24. The van der Waals surface area contributed by atoms with Crippen LogP contribution in [0.1, 0.15) is 41.6 Å². The van der Waals surface area contributed by atoms with Crippen LogP contribution in [0.2, 0.25) is 0 Å². The van der Waals surface area contributed by atoms with Crippen molar-refractivity contribution in [3.05, 3.63) is 41.0 Å². The van der Waals surface area contributed by atoms with Crippen LogP contribution in [0.25, 0.3) is 10.2 Å². The number of hydrogen-bond acceptors (Lipinski definition) is 6. The van der Waals surface area contributed by atoms with Gasteiger partial charge in [-0.15, -0.1) is 11.3 Å². The van der Waals surface area contributed by atoms with E-state index in [1.54, 1.807) is 10.7 Å². The number of hydrogen-bond donors (Lipinski definition) is 3. The minimum Gasteiger partial charge on any atom is -0.322 e. The molecular weight excluding hydrogens is 364 g/mol. The number of aryl methyl sites for hydroxylation is 1. The second-order valence-corrected chi connectivity index (χ2v) is 7.53. The summed E-state index contributed by atoms with van der Waals surface area (Å²) in [6.07, 6.45) is 0.758. The van der Waals surface area contributed by atoms with Gasteiger partial charge >= 0.3 is 0 Å². The van der Waals surface area contributed by atoms with Gasteiger partial charge in [-0.05, 0) is 25.5 Å². The van der Waals surface area contributed by atoms with Crippen LogP contribution in [0.3, 0.4) is 0 Å². The van der Waals surface area contributed by atoms with E-state index in [1.807, 2.05) is 38.1 Å². The van der Waals surface area contributed by atoms with E-state index in [4.69, 9.17) is 0 Å². The van der Waals surface area contributed by atoms with Crippen LogP contribution in [0.4, 0.5) is 5.82 Å². The lowest BCUT2D eigenvalue weighted by atomic mass is 10.1. The second kappa shape index (κ2) is 7.09. The Balaban J connectivity index is 1.59. The molecule has 2 atom stereocenters. The van der Waals surface area contributed by atoms with Crippen molar-refractivity contribution >= 4 is 39.2 Å². The van der Waals surface area contributed by atoms with E-state index in [0.29, 0.717) is 17.2 Å². The number of para-hydroxylation sites is 1. The van der Waals surface area contributed by atoms with Gasteiger partial charge in [0.2, 0.25) is 5.91 Å². The quantitative estimate of drug-likeness (QED) is 0.641.